The third-order valence-electron chi connectivity index (χ3n) is 3.38. The molecule has 2 rings (SSSR count). The molecule has 21 heavy (non-hydrogen) atoms. The fourth-order valence-corrected chi connectivity index (χ4v) is 3.38. The summed E-state index contributed by atoms with van der Waals surface area (Å²) >= 11 is 0. The summed E-state index contributed by atoms with van der Waals surface area (Å²) in [5, 5.41) is 16.3. The molecule has 0 radical (unpaired) electrons. The van der Waals surface area contributed by atoms with Gasteiger partial charge in [0.1, 0.15) is 5.82 Å². The maximum atomic E-state index is 12.0. The molecule has 8 nitrogen and oxygen atoms in total. The number of nitrogen functional groups attached to an aromatic ring is 1. The van der Waals surface area contributed by atoms with Crippen molar-refractivity contribution in [2.24, 2.45) is 0 Å². The van der Waals surface area contributed by atoms with Crippen molar-refractivity contribution in [2.75, 3.05) is 43.1 Å². The molecule has 3 N–H and O–H groups in total. The minimum atomic E-state index is -3.48. The molecule has 1 aliphatic heterocycles. The number of hydrogen-bond acceptors (Lipinski definition) is 7. The summed E-state index contributed by atoms with van der Waals surface area (Å²) in [5.74, 6) is 0.511. The Labute approximate surface area is 124 Å². The van der Waals surface area contributed by atoms with Crippen LogP contribution in [0.5, 0.6) is 0 Å². The second-order valence-corrected chi connectivity index (χ2v) is 6.98. The van der Waals surface area contributed by atoms with Crippen LogP contribution in [0.2, 0.25) is 0 Å². The van der Waals surface area contributed by atoms with Gasteiger partial charge in [0.05, 0.1) is 19.0 Å². The van der Waals surface area contributed by atoms with Gasteiger partial charge in [-0.15, -0.1) is 0 Å². The van der Waals surface area contributed by atoms with Gasteiger partial charge in [-0.1, -0.05) is 0 Å². The van der Waals surface area contributed by atoms with E-state index in [4.69, 9.17) is 11.0 Å². The number of rotatable bonds is 4. The van der Waals surface area contributed by atoms with Crippen LogP contribution in [0.25, 0.3) is 0 Å². The molecule has 0 atom stereocenters. The van der Waals surface area contributed by atoms with E-state index in [1.807, 2.05) is 11.0 Å². The lowest BCUT2D eigenvalue weighted by Crippen LogP contribution is -2.29. The molecular formula is C12H20N6O2S. The van der Waals surface area contributed by atoms with E-state index in [2.05, 4.69) is 10.4 Å². The van der Waals surface area contributed by atoms with Crippen molar-refractivity contribution >= 4 is 21.5 Å². The van der Waals surface area contributed by atoms with E-state index in [0.29, 0.717) is 12.4 Å². The summed E-state index contributed by atoms with van der Waals surface area (Å²) in [5.41, 5.74) is 5.95. The van der Waals surface area contributed by atoms with E-state index < -0.39 is 9.84 Å². The Kier molecular flexibility index (Phi) is 4.69. The van der Waals surface area contributed by atoms with Crippen LogP contribution in [-0.2, 0) is 16.4 Å². The molecule has 0 aromatic carbocycles. The van der Waals surface area contributed by atoms with Crippen LogP contribution in [0, 0.1) is 11.3 Å². The lowest BCUT2D eigenvalue weighted by atomic mass is 10.4. The molecule has 1 aromatic rings. The van der Waals surface area contributed by atoms with Gasteiger partial charge in [0.2, 0.25) is 0 Å². The zero-order chi connectivity index (χ0) is 15.5. The first-order valence-electron chi connectivity index (χ1n) is 6.84. The number of hydrogen-bond donors (Lipinski definition) is 2. The molecule has 116 valence electrons. The van der Waals surface area contributed by atoms with Gasteiger partial charge in [-0.25, -0.2) is 13.1 Å². The molecule has 1 saturated heterocycles. The highest BCUT2D eigenvalue weighted by Crippen LogP contribution is 2.30. The van der Waals surface area contributed by atoms with Gasteiger partial charge in [0, 0.05) is 25.9 Å². The summed E-state index contributed by atoms with van der Waals surface area (Å²) in [7, 11) is -3.48. The van der Waals surface area contributed by atoms with Crippen LogP contribution in [0.1, 0.15) is 12.8 Å². The maximum Gasteiger partial charge on any atom is 0.182 e. The predicted molar refractivity (Wildman–Crippen MR) is 79.7 cm³/mol. The molecule has 0 spiro atoms. The van der Waals surface area contributed by atoms with Gasteiger partial charge in [-0.2, -0.15) is 10.4 Å². The molecule has 1 fully saturated rings. The highest BCUT2D eigenvalue weighted by atomic mass is 32.2. The van der Waals surface area contributed by atoms with Crippen molar-refractivity contribution < 1.29 is 8.42 Å². The molecule has 0 saturated carbocycles. The summed E-state index contributed by atoms with van der Waals surface area (Å²) < 4.78 is 25.5. The standard InChI is InChI=1S/C12H20N6O2S/c1-21(19,20)10-11(14)18(8-2-4-13)16-12(10)17-7-3-5-15-6-9-17/h15H,2-3,5-9,14H2,1H3. The van der Waals surface area contributed by atoms with Crippen molar-refractivity contribution in [3.05, 3.63) is 0 Å². The molecule has 0 unspecified atom stereocenters. The number of sulfone groups is 1. The van der Waals surface area contributed by atoms with Crippen LogP contribution in [-0.4, -0.2) is 50.6 Å². The second-order valence-electron chi connectivity index (χ2n) is 5.03. The molecule has 2 heterocycles. The lowest BCUT2D eigenvalue weighted by Gasteiger charge is -2.20. The van der Waals surface area contributed by atoms with Gasteiger partial charge in [-0.3, -0.25) is 0 Å². The Bertz CT molecular complexity index is 637. The van der Waals surface area contributed by atoms with Crippen LogP contribution in [0.3, 0.4) is 0 Å². The van der Waals surface area contributed by atoms with E-state index in [1.54, 1.807) is 0 Å². The summed E-state index contributed by atoms with van der Waals surface area (Å²) in [6, 6.07) is 2.01. The van der Waals surface area contributed by atoms with E-state index in [-0.39, 0.29) is 23.7 Å². The van der Waals surface area contributed by atoms with Gasteiger partial charge >= 0.3 is 0 Å². The van der Waals surface area contributed by atoms with Crippen molar-refractivity contribution in [1.82, 2.24) is 15.1 Å². The van der Waals surface area contributed by atoms with Crippen LogP contribution in [0.4, 0.5) is 11.6 Å². The lowest BCUT2D eigenvalue weighted by molar-refractivity contribution is 0.601. The summed E-state index contributed by atoms with van der Waals surface area (Å²) in [6.07, 6.45) is 2.28. The molecule has 0 bridgehead atoms. The third-order valence-corrected chi connectivity index (χ3v) is 4.51. The minimum Gasteiger partial charge on any atom is -0.383 e. The van der Waals surface area contributed by atoms with Crippen LogP contribution >= 0.6 is 0 Å². The maximum absolute atomic E-state index is 12.0. The predicted octanol–water partition coefficient (Wildman–Crippen LogP) is -0.418. The molecule has 1 aliphatic rings. The molecule has 0 amide bonds. The Morgan fingerprint density at radius 3 is 2.86 bits per heavy atom. The van der Waals surface area contributed by atoms with Crippen molar-refractivity contribution in [2.45, 2.75) is 24.3 Å². The highest BCUT2D eigenvalue weighted by Gasteiger charge is 2.27. The number of nitriles is 1. The van der Waals surface area contributed by atoms with Gasteiger partial charge in [0.15, 0.2) is 20.6 Å². The van der Waals surface area contributed by atoms with E-state index >= 15 is 0 Å². The Balaban J connectivity index is 2.45. The first-order chi connectivity index (χ1) is 9.95. The summed E-state index contributed by atoms with van der Waals surface area (Å²) in [4.78, 5) is 2.01. The molecule has 1 aromatic heterocycles. The van der Waals surface area contributed by atoms with Crippen molar-refractivity contribution in [3.8, 4) is 6.07 Å². The van der Waals surface area contributed by atoms with Crippen molar-refractivity contribution in [1.29, 1.82) is 5.26 Å². The first kappa shape index (κ1) is 15.6. The zero-order valence-electron chi connectivity index (χ0n) is 12.0. The fourth-order valence-electron chi connectivity index (χ4n) is 2.39. The number of nitrogens with one attached hydrogen (secondary N) is 1. The summed E-state index contributed by atoms with van der Waals surface area (Å²) in [6.45, 7) is 3.36. The Morgan fingerprint density at radius 1 is 1.43 bits per heavy atom. The molecule has 0 aliphatic carbocycles. The Hall–Kier alpha value is -1.79. The molecular weight excluding hydrogens is 292 g/mol. The normalized spacial score (nSPS) is 16.5. The largest absolute Gasteiger partial charge is 0.383 e. The average molecular weight is 312 g/mol. The smallest absolute Gasteiger partial charge is 0.182 e. The second kappa shape index (κ2) is 6.32. The number of nitrogens with two attached hydrogens (primary N) is 1. The first-order valence-corrected chi connectivity index (χ1v) is 8.73. The molecule has 9 heteroatoms. The number of nitrogens with zero attached hydrogens (tertiary/aromatic N) is 4. The third kappa shape index (κ3) is 3.46. The minimum absolute atomic E-state index is 0.0716. The highest BCUT2D eigenvalue weighted by molar-refractivity contribution is 7.91. The Morgan fingerprint density at radius 2 is 2.19 bits per heavy atom. The number of aryl methyl sites for hydroxylation is 1. The number of aromatic nitrogens is 2. The quantitative estimate of drug-likeness (QED) is 0.775. The fraction of sp³-hybridized carbons (Fsp3) is 0.667. The average Bonchev–Trinajstić information content (AvgIpc) is 2.62. The van der Waals surface area contributed by atoms with Crippen LogP contribution < -0.4 is 16.0 Å². The van der Waals surface area contributed by atoms with E-state index in [0.717, 1.165) is 32.3 Å². The topological polar surface area (TPSA) is 117 Å². The number of anilines is 2. The van der Waals surface area contributed by atoms with Gasteiger partial charge < -0.3 is 16.0 Å². The van der Waals surface area contributed by atoms with Gasteiger partial charge in [0.25, 0.3) is 0 Å². The van der Waals surface area contributed by atoms with Crippen LogP contribution in [0.15, 0.2) is 4.90 Å². The van der Waals surface area contributed by atoms with E-state index in [9.17, 15) is 8.42 Å². The monoisotopic (exact) mass is 312 g/mol. The van der Waals surface area contributed by atoms with E-state index in [1.165, 1.54) is 4.68 Å². The zero-order valence-corrected chi connectivity index (χ0v) is 12.9. The van der Waals surface area contributed by atoms with Gasteiger partial charge in [-0.05, 0) is 13.0 Å². The van der Waals surface area contributed by atoms with Crippen molar-refractivity contribution in [3.63, 3.8) is 0 Å². The SMILES string of the molecule is CS(=O)(=O)c1c(N2CCCNCC2)nn(CCC#N)c1N.